The molecule has 3 rings (SSSR count). The quantitative estimate of drug-likeness (QED) is 0.386. The average molecular weight is 457 g/mol. The number of ketones is 1. The summed E-state index contributed by atoms with van der Waals surface area (Å²) in [6.07, 6.45) is -3.42. The molecule has 166 valence electrons. The Hall–Kier alpha value is -2.99. The molecule has 0 amide bonds. The maximum atomic E-state index is 13.1. The van der Waals surface area contributed by atoms with Gasteiger partial charge in [0.05, 0.1) is 16.4 Å². The molecule has 0 radical (unpaired) electrons. The number of benzene rings is 2. The molecular formula is C19H18F3N3O5S. The lowest BCUT2D eigenvalue weighted by molar-refractivity contribution is -0.388. The average Bonchev–Trinajstić information content (AvgIpc) is 3.27. The maximum absolute atomic E-state index is 13.1. The Bertz CT molecular complexity index is 1110. The van der Waals surface area contributed by atoms with Gasteiger partial charge in [-0.2, -0.15) is 17.5 Å². The fraction of sp³-hybridized carbons (Fsp3) is 0.316. The SMILES string of the molecule is O=C(CNc1ccc([N+](=O)[O-])c(C(F)(F)F)c1)c1cccc(S(=O)(=O)N2CCCC2)c1. The molecule has 1 aliphatic heterocycles. The molecular weight excluding hydrogens is 439 g/mol. The first-order chi connectivity index (χ1) is 14.5. The minimum Gasteiger partial charge on any atom is -0.378 e. The Morgan fingerprint density at radius 2 is 1.81 bits per heavy atom. The van der Waals surface area contributed by atoms with E-state index in [1.807, 2.05) is 0 Å². The largest absolute Gasteiger partial charge is 0.423 e. The van der Waals surface area contributed by atoms with Gasteiger partial charge in [0.1, 0.15) is 5.56 Å². The van der Waals surface area contributed by atoms with Crippen LogP contribution in [0.2, 0.25) is 0 Å². The summed E-state index contributed by atoms with van der Waals surface area (Å²) in [5, 5.41) is 13.3. The number of sulfonamides is 1. The van der Waals surface area contributed by atoms with Crippen molar-refractivity contribution in [1.82, 2.24) is 4.31 Å². The lowest BCUT2D eigenvalue weighted by Crippen LogP contribution is -2.28. The molecule has 1 heterocycles. The van der Waals surface area contributed by atoms with Gasteiger partial charge in [-0.3, -0.25) is 14.9 Å². The number of rotatable bonds is 7. The topological polar surface area (TPSA) is 110 Å². The first-order valence-corrected chi connectivity index (χ1v) is 10.7. The molecule has 2 aromatic carbocycles. The van der Waals surface area contributed by atoms with Crippen molar-refractivity contribution in [1.29, 1.82) is 0 Å². The second-order valence-electron chi connectivity index (χ2n) is 6.90. The molecule has 8 nitrogen and oxygen atoms in total. The molecule has 1 saturated heterocycles. The number of hydrogen-bond donors (Lipinski definition) is 1. The van der Waals surface area contributed by atoms with Crippen molar-refractivity contribution in [3.63, 3.8) is 0 Å². The van der Waals surface area contributed by atoms with Crippen LogP contribution in [0.15, 0.2) is 47.4 Å². The number of nitrogens with zero attached hydrogens (tertiary/aromatic N) is 2. The number of nitro groups is 1. The first-order valence-electron chi connectivity index (χ1n) is 9.23. The van der Waals surface area contributed by atoms with Gasteiger partial charge in [-0.05, 0) is 37.1 Å². The van der Waals surface area contributed by atoms with Crippen molar-refractivity contribution in [2.24, 2.45) is 0 Å². The van der Waals surface area contributed by atoms with Crippen LogP contribution in [-0.4, -0.2) is 43.1 Å². The molecule has 1 fully saturated rings. The van der Waals surface area contributed by atoms with E-state index in [9.17, 15) is 36.5 Å². The monoisotopic (exact) mass is 457 g/mol. The van der Waals surface area contributed by atoms with Crippen molar-refractivity contribution in [3.05, 3.63) is 63.7 Å². The molecule has 0 aliphatic carbocycles. The molecule has 2 aromatic rings. The number of carbonyl (C=O) groups excluding carboxylic acids is 1. The van der Waals surface area contributed by atoms with Gasteiger partial charge in [-0.25, -0.2) is 8.42 Å². The van der Waals surface area contributed by atoms with Crippen LogP contribution in [0.4, 0.5) is 24.5 Å². The highest BCUT2D eigenvalue weighted by Gasteiger charge is 2.38. The number of halogens is 3. The Morgan fingerprint density at radius 3 is 2.42 bits per heavy atom. The Kier molecular flexibility index (Phi) is 6.32. The Balaban J connectivity index is 1.77. The molecule has 1 N–H and O–H groups in total. The van der Waals surface area contributed by atoms with E-state index in [1.54, 1.807) is 0 Å². The number of Topliss-reactive ketones (excluding diaryl/α,β-unsaturated/α-hetero) is 1. The fourth-order valence-electron chi connectivity index (χ4n) is 3.22. The maximum Gasteiger partial charge on any atom is 0.423 e. The predicted octanol–water partition coefficient (Wildman–Crippen LogP) is 3.69. The number of alkyl halides is 3. The number of anilines is 1. The zero-order valence-corrected chi connectivity index (χ0v) is 16.9. The van der Waals surface area contributed by atoms with Crippen molar-refractivity contribution >= 4 is 27.2 Å². The smallest absolute Gasteiger partial charge is 0.378 e. The third-order valence-corrected chi connectivity index (χ3v) is 6.71. The van der Waals surface area contributed by atoms with Crippen molar-refractivity contribution in [3.8, 4) is 0 Å². The van der Waals surface area contributed by atoms with E-state index in [-0.39, 0.29) is 16.1 Å². The summed E-state index contributed by atoms with van der Waals surface area (Å²) in [5.41, 5.74) is -2.59. The summed E-state index contributed by atoms with van der Waals surface area (Å²) in [5.74, 6) is -0.551. The van der Waals surface area contributed by atoms with Crippen molar-refractivity contribution in [2.45, 2.75) is 23.9 Å². The molecule has 0 bridgehead atoms. The summed E-state index contributed by atoms with van der Waals surface area (Å²) in [7, 11) is -3.72. The summed E-state index contributed by atoms with van der Waals surface area (Å²) in [6, 6.07) is 7.76. The van der Waals surface area contributed by atoms with Crippen LogP contribution < -0.4 is 5.32 Å². The third-order valence-electron chi connectivity index (χ3n) is 4.81. The second-order valence-corrected chi connectivity index (χ2v) is 8.84. The van der Waals surface area contributed by atoms with Crippen molar-refractivity contribution in [2.75, 3.05) is 25.0 Å². The van der Waals surface area contributed by atoms with Crippen LogP contribution in [0, 0.1) is 10.1 Å². The van der Waals surface area contributed by atoms with E-state index in [0.717, 1.165) is 18.9 Å². The Labute approximate surface area is 175 Å². The second kappa shape index (κ2) is 8.63. The normalized spacial score (nSPS) is 15.1. The lowest BCUT2D eigenvalue weighted by Gasteiger charge is -2.16. The van der Waals surface area contributed by atoms with Gasteiger partial charge in [0.25, 0.3) is 5.69 Å². The molecule has 0 unspecified atom stereocenters. The molecule has 1 aliphatic rings. The molecule has 0 saturated carbocycles. The van der Waals surface area contributed by atoms with Gasteiger partial charge < -0.3 is 5.32 Å². The van der Waals surface area contributed by atoms with Crippen LogP contribution in [0.1, 0.15) is 28.8 Å². The summed E-state index contributed by atoms with van der Waals surface area (Å²) < 4.78 is 65.9. The zero-order chi connectivity index (χ0) is 22.8. The van der Waals surface area contributed by atoms with E-state index >= 15 is 0 Å². The molecule has 0 spiro atoms. The highest BCUT2D eigenvalue weighted by atomic mass is 32.2. The third kappa shape index (κ3) is 5.02. The highest BCUT2D eigenvalue weighted by Crippen LogP contribution is 2.37. The van der Waals surface area contributed by atoms with E-state index in [1.165, 1.54) is 28.6 Å². The predicted molar refractivity (Wildman–Crippen MR) is 105 cm³/mol. The molecule has 0 aromatic heterocycles. The van der Waals surface area contributed by atoms with E-state index < -0.39 is 44.7 Å². The number of nitrogens with one attached hydrogen (secondary N) is 1. The van der Waals surface area contributed by atoms with E-state index in [4.69, 9.17) is 0 Å². The van der Waals surface area contributed by atoms with Crippen LogP contribution in [0.5, 0.6) is 0 Å². The zero-order valence-electron chi connectivity index (χ0n) is 16.1. The van der Waals surface area contributed by atoms with Crippen molar-refractivity contribution < 1.29 is 31.3 Å². The Morgan fingerprint density at radius 1 is 1.13 bits per heavy atom. The summed E-state index contributed by atoms with van der Waals surface area (Å²) >= 11 is 0. The van der Waals surface area contributed by atoms with Gasteiger partial charge in [-0.15, -0.1) is 0 Å². The lowest BCUT2D eigenvalue weighted by atomic mass is 10.1. The fourth-order valence-corrected chi connectivity index (χ4v) is 4.79. The minimum atomic E-state index is -4.94. The molecule has 12 heteroatoms. The minimum absolute atomic E-state index is 0.0325. The van der Waals surface area contributed by atoms with Crippen LogP contribution in [0.25, 0.3) is 0 Å². The van der Waals surface area contributed by atoms with E-state index in [0.29, 0.717) is 25.2 Å². The number of carbonyl (C=O) groups is 1. The summed E-state index contributed by atoms with van der Waals surface area (Å²) in [4.78, 5) is 22.1. The summed E-state index contributed by atoms with van der Waals surface area (Å²) in [6.45, 7) is 0.385. The van der Waals surface area contributed by atoms with Gasteiger partial charge in [-0.1, -0.05) is 12.1 Å². The number of nitro benzene ring substituents is 1. The van der Waals surface area contributed by atoms with Crippen LogP contribution in [0.3, 0.4) is 0 Å². The van der Waals surface area contributed by atoms with E-state index in [2.05, 4.69) is 5.32 Å². The van der Waals surface area contributed by atoms with Crippen LogP contribution >= 0.6 is 0 Å². The molecule has 0 atom stereocenters. The van der Waals surface area contributed by atoms with Gasteiger partial charge in [0, 0.05) is 30.4 Å². The van der Waals surface area contributed by atoms with Gasteiger partial charge in [0.2, 0.25) is 10.0 Å². The molecule has 31 heavy (non-hydrogen) atoms. The standard InChI is InChI=1S/C19H18F3N3O5S/c20-19(21,22)16-11-14(6-7-17(16)25(27)28)23-12-18(26)13-4-3-5-15(10-13)31(29,30)24-8-1-2-9-24/h3-7,10-11,23H,1-2,8-9,12H2. The highest BCUT2D eigenvalue weighted by molar-refractivity contribution is 7.89. The van der Waals surface area contributed by atoms with Crippen LogP contribution in [-0.2, 0) is 16.2 Å². The first kappa shape index (κ1) is 22.7. The number of hydrogen-bond acceptors (Lipinski definition) is 6. The van der Waals surface area contributed by atoms with Gasteiger partial charge >= 0.3 is 6.18 Å². The van der Waals surface area contributed by atoms with Gasteiger partial charge in [0.15, 0.2) is 5.78 Å².